The van der Waals surface area contributed by atoms with Gasteiger partial charge in [-0.2, -0.15) is 0 Å². The number of hydrogen-bond donors (Lipinski definition) is 0. The predicted octanol–water partition coefficient (Wildman–Crippen LogP) is 18.3. The van der Waals surface area contributed by atoms with Gasteiger partial charge in [0.2, 0.25) is 0 Å². The number of fused-ring (bicyclic) bond motifs is 9. The second-order valence-electron chi connectivity index (χ2n) is 18.1. The van der Waals surface area contributed by atoms with E-state index < -0.39 is 0 Å². The second kappa shape index (κ2) is 16.2. The third kappa shape index (κ3) is 6.46. The zero-order valence-electron chi connectivity index (χ0n) is 38.1. The van der Waals surface area contributed by atoms with Gasteiger partial charge in [0.1, 0.15) is 11.2 Å². The van der Waals surface area contributed by atoms with Gasteiger partial charge in [0.15, 0.2) is 0 Å². The Morgan fingerprint density at radius 1 is 0.271 bits per heavy atom. The first-order valence-corrected chi connectivity index (χ1v) is 23.9. The summed E-state index contributed by atoms with van der Waals surface area (Å²) >= 11 is 0. The minimum Gasteiger partial charge on any atom is -0.455 e. The largest absolute Gasteiger partial charge is 0.455 e. The monoisotopic (exact) mass is 893 g/mol. The maximum Gasteiger partial charge on any atom is 0.143 e. The Balaban J connectivity index is 0.857. The van der Waals surface area contributed by atoms with Crippen molar-refractivity contribution in [2.24, 2.45) is 0 Å². The number of benzene rings is 11. The zero-order chi connectivity index (χ0) is 46.1. The van der Waals surface area contributed by atoms with Crippen molar-refractivity contribution in [1.82, 2.24) is 9.13 Å². The first-order chi connectivity index (χ1) is 34.7. The van der Waals surface area contributed by atoms with Gasteiger partial charge in [0, 0.05) is 66.3 Å². The topological polar surface area (TPSA) is 26.2 Å². The van der Waals surface area contributed by atoms with Gasteiger partial charge < -0.3 is 18.5 Å². The fourth-order valence-electron chi connectivity index (χ4n) is 10.8. The first-order valence-electron chi connectivity index (χ1n) is 23.9. The van der Waals surface area contributed by atoms with E-state index >= 15 is 0 Å². The molecule has 0 amide bonds. The molecule has 4 heteroatoms. The van der Waals surface area contributed by atoms with Crippen LogP contribution in [0.15, 0.2) is 265 Å². The molecule has 0 fully saturated rings. The molecule has 14 rings (SSSR count). The highest BCUT2D eigenvalue weighted by Gasteiger charge is 2.19. The number of aromatic nitrogens is 2. The van der Waals surface area contributed by atoms with E-state index in [1.807, 2.05) is 12.1 Å². The van der Waals surface area contributed by atoms with Gasteiger partial charge in [-0.1, -0.05) is 164 Å². The van der Waals surface area contributed by atoms with E-state index in [1.54, 1.807) is 0 Å². The number of hydrogen-bond acceptors (Lipinski definition) is 2. The van der Waals surface area contributed by atoms with Crippen LogP contribution in [0.25, 0.3) is 110 Å². The fraction of sp³-hybridized carbons (Fsp3) is 0. The lowest BCUT2D eigenvalue weighted by atomic mass is 10.0. The summed E-state index contributed by atoms with van der Waals surface area (Å²) in [6.45, 7) is 0. The summed E-state index contributed by atoms with van der Waals surface area (Å²) in [6.07, 6.45) is 0. The molecule has 0 atom stereocenters. The molecule has 0 saturated carbocycles. The highest BCUT2D eigenvalue weighted by molar-refractivity contribution is 6.12. The lowest BCUT2D eigenvalue weighted by Gasteiger charge is -2.26. The average molecular weight is 894 g/mol. The van der Waals surface area contributed by atoms with E-state index in [0.29, 0.717) is 0 Å². The molecule has 0 aliphatic heterocycles. The van der Waals surface area contributed by atoms with Gasteiger partial charge in [-0.05, 0) is 125 Å². The summed E-state index contributed by atoms with van der Waals surface area (Å²) < 4.78 is 11.2. The maximum absolute atomic E-state index is 6.47. The van der Waals surface area contributed by atoms with E-state index in [0.717, 1.165) is 72.6 Å². The van der Waals surface area contributed by atoms with Gasteiger partial charge in [-0.3, -0.25) is 0 Å². The van der Waals surface area contributed by atoms with Crippen LogP contribution in [-0.2, 0) is 0 Å². The summed E-state index contributed by atoms with van der Waals surface area (Å²) in [6, 6.07) is 94.1. The summed E-state index contributed by atoms with van der Waals surface area (Å²) in [5.41, 5.74) is 19.0. The summed E-state index contributed by atoms with van der Waals surface area (Å²) in [5.74, 6) is 0. The summed E-state index contributed by atoms with van der Waals surface area (Å²) in [4.78, 5) is 2.35. The highest BCUT2D eigenvalue weighted by atomic mass is 16.3. The molecule has 328 valence electrons. The van der Waals surface area contributed by atoms with Gasteiger partial charge in [-0.15, -0.1) is 0 Å². The van der Waals surface area contributed by atoms with Crippen LogP contribution in [-0.4, -0.2) is 9.13 Å². The molecule has 0 saturated heterocycles. The Morgan fingerprint density at radius 2 is 0.714 bits per heavy atom. The minimum atomic E-state index is 0.900. The molecule has 0 aliphatic carbocycles. The molecule has 0 radical (unpaired) electrons. The fourth-order valence-corrected chi connectivity index (χ4v) is 10.8. The van der Waals surface area contributed by atoms with Crippen molar-refractivity contribution in [1.29, 1.82) is 0 Å². The third-order valence-corrected chi connectivity index (χ3v) is 14.1. The molecule has 70 heavy (non-hydrogen) atoms. The zero-order valence-corrected chi connectivity index (χ0v) is 38.1. The van der Waals surface area contributed by atoms with Crippen molar-refractivity contribution >= 4 is 82.6 Å². The Bertz CT molecular complexity index is 4260. The number of anilines is 3. The van der Waals surface area contributed by atoms with E-state index in [2.05, 4.69) is 263 Å². The SMILES string of the molecule is c1ccc(-n2c3ccccc3c3cc(-c4ccc(N(c5ccc(-c6ccc7c8ccccc8n(-c8ccccc8)c7c6)cc5)c5ccc(-c6cccc7c6oc6ccccc67)cc5)cc4)ccc32)cc1. The van der Waals surface area contributed by atoms with Crippen LogP contribution < -0.4 is 4.90 Å². The number of para-hydroxylation sites is 6. The molecule has 0 aliphatic rings. The quantitative estimate of drug-likeness (QED) is 0.152. The normalized spacial score (nSPS) is 11.7. The van der Waals surface area contributed by atoms with Crippen LogP contribution in [0.1, 0.15) is 0 Å². The molecule has 0 unspecified atom stereocenters. The van der Waals surface area contributed by atoms with E-state index in [-0.39, 0.29) is 0 Å². The van der Waals surface area contributed by atoms with Crippen LogP contribution in [0.3, 0.4) is 0 Å². The summed E-state index contributed by atoms with van der Waals surface area (Å²) in [7, 11) is 0. The smallest absolute Gasteiger partial charge is 0.143 e. The number of furan rings is 1. The average Bonchev–Trinajstić information content (AvgIpc) is 4.10. The molecular weight excluding hydrogens is 851 g/mol. The van der Waals surface area contributed by atoms with Crippen molar-refractivity contribution in [3.05, 3.63) is 261 Å². The highest BCUT2D eigenvalue weighted by Crippen LogP contribution is 2.42. The summed E-state index contributed by atoms with van der Waals surface area (Å²) in [5, 5.41) is 7.23. The predicted molar refractivity (Wildman–Crippen MR) is 293 cm³/mol. The minimum absolute atomic E-state index is 0.900. The van der Waals surface area contributed by atoms with Gasteiger partial charge in [0.05, 0.1) is 22.1 Å². The first kappa shape index (κ1) is 39.8. The molecule has 0 bridgehead atoms. The number of rotatable bonds is 8. The second-order valence-corrected chi connectivity index (χ2v) is 18.1. The van der Waals surface area contributed by atoms with E-state index in [9.17, 15) is 0 Å². The van der Waals surface area contributed by atoms with E-state index in [4.69, 9.17) is 4.42 Å². The Hall–Kier alpha value is -9.38. The Labute approximate surface area is 404 Å². The van der Waals surface area contributed by atoms with Crippen molar-refractivity contribution in [3.8, 4) is 44.8 Å². The van der Waals surface area contributed by atoms with Crippen molar-refractivity contribution < 1.29 is 4.42 Å². The molecule has 14 aromatic rings. The van der Waals surface area contributed by atoms with Crippen molar-refractivity contribution in [2.45, 2.75) is 0 Å². The molecule has 4 nitrogen and oxygen atoms in total. The molecule has 0 N–H and O–H groups in total. The molecular formula is C66H43N3O. The van der Waals surface area contributed by atoms with Crippen molar-refractivity contribution in [3.63, 3.8) is 0 Å². The molecule has 3 aromatic heterocycles. The molecule has 11 aromatic carbocycles. The van der Waals surface area contributed by atoms with Crippen LogP contribution in [0.2, 0.25) is 0 Å². The molecule has 3 heterocycles. The van der Waals surface area contributed by atoms with Crippen LogP contribution in [0.4, 0.5) is 17.1 Å². The van der Waals surface area contributed by atoms with Crippen LogP contribution in [0.5, 0.6) is 0 Å². The van der Waals surface area contributed by atoms with Crippen LogP contribution >= 0.6 is 0 Å². The van der Waals surface area contributed by atoms with Gasteiger partial charge in [-0.25, -0.2) is 0 Å². The van der Waals surface area contributed by atoms with Gasteiger partial charge in [0.25, 0.3) is 0 Å². The Kier molecular flexibility index (Phi) is 9.17. The maximum atomic E-state index is 6.47. The molecule has 0 spiro atoms. The number of nitrogens with zero attached hydrogens (tertiary/aromatic N) is 3. The van der Waals surface area contributed by atoms with E-state index in [1.165, 1.54) is 54.7 Å². The third-order valence-electron chi connectivity index (χ3n) is 14.1. The standard InChI is InChI=1S/C66H43N3O/c1-3-14-49(15-4-1)68-62-24-11-8-19-56(62)60-42-47(33-41-63(60)68)44-26-34-51(35-27-44)67(53-38-30-46(31-39-53)54-21-13-22-59-58-20-9-12-25-65(58)70-66(54)59)52-36-28-45(29-37-52)48-32-40-57-55-18-7-10-23-61(55)69(64(57)43-48)50-16-5-2-6-17-50/h1-43H. The lowest BCUT2D eigenvalue weighted by Crippen LogP contribution is -2.09. The van der Waals surface area contributed by atoms with Gasteiger partial charge >= 0.3 is 0 Å². The van der Waals surface area contributed by atoms with Crippen LogP contribution in [0, 0.1) is 0 Å². The van der Waals surface area contributed by atoms with Crippen molar-refractivity contribution in [2.75, 3.05) is 4.90 Å². The Morgan fingerprint density at radius 3 is 1.34 bits per heavy atom. The lowest BCUT2D eigenvalue weighted by molar-refractivity contribution is 0.670.